The number of benzene rings is 1. The van der Waals surface area contributed by atoms with Crippen LogP contribution in [-0.4, -0.2) is 36.5 Å². The van der Waals surface area contributed by atoms with Gasteiger partial charge in [-0.25, -0.2) is 0 Å². The van der Waals surface area contributed by atoms with Gasteiger partial charge in [0.2, 0.25) is 0 Å². The van der Waals surface area contributed by atoms with E-state index in [2.05, 4.69) is 21.2 Å². The number of rotatable bonds is 1. The van der Waals surface area contributed by atoms with E-state index in [1.54, 1.807) is 0 Å². The Balaban J connectivity index is 1.74. The molecule has 1 N–H and O–H groups in total. The Labute approximate surface area is 116 Å². The van der Waals surface area contributed by atoms with Gasteiger partial charge >= 0.3 is 0 Å². The summed E-state index contributed by atoms with van der Waals surface area (Å²) in [6, 6.07) is 8.16. The SMILES string of the molecule is O=C(c1cccc(Br)c1)N1C[C@H]2CCCN[C@H]2C1. The van der Waals surface area contributed by atoms with Gasteiger partial charge in [0.1, 0.15) is 0 Å². The molecule has 0 radical (unpaired) electrons. The quantitative estimate of drug-likeness (QED) is 0.863. The second-order valence-corrected chi connectivity index (χ2v) is 6.10. The molecular weight excluding hydrogens is 292 g/mol. The number of carbonyl (C=O) groups excluding carboxylic acids is 1. The van der Waals surface area contributed by atoms with E-state index in [1.807, 2.05) is 29.2 Å². The third-order valence-corrected chi connectivity index (χ3v) is 4.45. The van der Waals surface area contributed by atoms with Gasteiger partial charge in [-0.2, -0.15) is 0 Å². The van der Waals surface area contributed by atoms with Crippen LogP contribution in [0.5, 0.6) is 0 Å². The predicted octanol–water partition coefficient (Wildman–Crippen LogP) is 2.27. The minimum atomic E-state index is 0.160. The molecule has 1 aromatic carbocycles. The van der Waals surface area contributed by atoms with Crippen molar-refractivity contribution in [2.24, 2.45) is 5.92 Å². The van der Waals surface area contributed by atoms with E-state index in [0.29, 0.717) is 12.0 Å². The molecule has 3 nitrogen and oxygen atoms in total. The number of fused-ring (bicyclic) bond motifs is 1. The average Bonchev–Trinajstić information content (AvgIpc) is 2.81. The Morgan fingerprint density at radius 1 is 1.39 bits per heavy atom. The number of likely N-dealkylation sites (tertiary alicyclic amines) is 1. The van der Waals surface area contributed by atoms with Gasteiger partial charge < -0.3 is 10.2 Å². The first-order valence-corrected chi connectivity index (χ1v) is 7.31. The zero-order valence-electron chi connectivity index (χ0n) is 10.2. The zero-order valence-corrected chi connectivity index (χ0v) is 11.8. The van der Waals surface area contributed by atoms with E-state index in [4.69, 9.17) is 0 Å². The van der Waals surface area contributed by atoms with Crippen molar-refractivity contribution in [3.05, 3.63) is 34.3 Å². The number of hydrogen-bond acceptors (Lipinski definition) is 2. The highest BCUT2D eigenvalue weighted by atomic mass is 79.9. The first kappa shape index (κ1) is 12.2. The van der Waals surface area contributed by atoms with E-state index in [1.165, 1.54) is 12.8 Å². The van der Waals surface area contributed by atoms with Crippen LogP contribution in [0, 0.1) is 5.92 Å². The number of piperidine rings is 1. The van der Waals surface area contributed by atoms with Crippen molar-refractivity contribution in [2.45, 2.75) is 18.9 Å². The molecule has 2 aliphatic rings. The fourth-order valence-corrected chi connectivity index (χ4v) is 3.42. The molecule has 2 heterocycles. The molecule has 3 rings (SSSR count). The van der Waals surface area contributed by atoms with Crippen molar-refractivity contribution < 1.29 is 4.79 Å². The molecule has 4 heteroatoms. The lowest BCUT2D eigenvalue weighted by Crippen LogP contribution is -2.41. The molecule has 0 bridgehead atoms. The topological polar surface area (TPSA) is 32.3 Å². The summed E-state index contributed by atoms with van der Waals surface area (Å²) in [5.41, 5.74) is 0.781. The molecule has 2 aliphatic heterocycles. The van der Waals surface area contributed by atoms with Crippen LogP contribution in [0.3, 0.4) is 0 Å². The Kier molecular flexibility index (Phi) is 3.39. The van der Waals surface area contributed by atoms with E-state index in [0.717, 1.165) is 29.7 Å². The highest BCUT2D eigenvalue weighted by Gasteiger charge is 2.36. The smallest absolute Gasteiger partial charge is 0.253 e. The standard InChI is InChI=1S/C14H17BrN2O/c15-12-5-1-3-10(7-12)14(18)17-8-11-4-2-6-16-13(11)9-17/h1,3,5,7,11,13,16H,2,4,6,8-9H2/t11-,13+/m1/s1. The lowest BCUT2D eigenvalue weighted by molar-refractivity contribution is 0.0785. The van der Waals surface area contributed by atoms with Crippen LogP contribution >= 0.6 is 15.9 Å². The predicted molar refractivity (Wildman–Crippen MR) is 74.6 cm³/mol. The van der Waals surface area contributed by atoms with Crippen molar-refractivity contribution in [1.29, 1.82) is 0 Å². The number of carbonyl (C=O) groups is 1. The van der Waals surface area contributed by atoms with Gasteiger partial charge in [-0.15, -0.1) is 0 Å². The minimum Gasteiger partial charge on any atom is -0.337 e. The molecule has 0 spiro atoms. The van der Waals surface area contributed by atoms with Crippen LogP contribution in [0.4, 0.5) is 0 Å². The van der Waals surface area contributed by atoms with Crippen LogP contribution in [0.25, 0.3) is 0 Å². The van der Waals surface area contributed by atoms with Crippen molar-refractivity contribution in [2.75, 3.05) is 19.6 Å². The number of nitrogens with one attached hydrogen (secondary N) is 1. The molecule has 0 aromatic heterocycles. The molecule has 2 atom stereocenters. The van der Waals surface area contributed by atoms with Crippen LogP contribution in [0.15, 0.2) is 28.7 Å². The van der Waals surface area contributed by atoms with Crippen LogP contribution in [0.2, 0.25) is 0 Å². The molecular formula is C14H17BrN2O. The lowest BCUT2D eigenvalue weighted by Gasteiger charge is -2.24. The van der Waals surface area contributed by atoms with E-state index >= 15 is 0 Å². The fraction of sp³-hybridized carbons (Fsp3) is 0.500. The van der Waals surface area contributed by atoms with Gasteiger partial charge in [0.05, 0.1) is 0 Å². The van der Waals surface area contributed by atoms with Crippen LogP contribution in [0.1, 0.15) is 23.2 Å². The maximum atomic E-state index is 12.4. The summed E-state index contributed by atoms with van der Waals surface area (Å²) in [6.07, 6.45) is 2.49. The van der Waals surface area contributed by atoms with E-state index in [9.17, 15) is 4.79 Å². The first-order valence-electron chi connectivity index (χ1n) is 6.52. The molecule has 2 fully saturated rings. The van der Waals surface area contributed by atoms with Crippen molar-refractivity contribution in [3.8, 4) is 0 Å². The van der Waals surface area contributed by atoms with Crippen LogP contribution < -0.4 is 5.32 Å². The third-order valence-electron chi connectivity index (χ3n) is 3.96. The van der Waals surface area contributed by atoms with E-state index < -0.39 is 0 Å². The lowest BCUT2D eigenvalue weighted by atomic mass is 9.94. The molecule has 96 valence electrons. The number of nitrogens with zero attached hydrogens (tertiary/aromatic N) is 1. The van der Waals surface area contributed by atoms with E-state index in [-0.39, 0.29) is 5.91 Å². The van der Waals surface area contributed by atoms with Crippen molar-refractivity contribution in [1.82, 2.24) is 10.2 Å². The molecule has 18 heavy (non-hydrogen) atoms. The van der Waals surface area contributed by atoms with Gasteiger partial charge in [0.25, 0.3) is 5.91 Å². The summed E-state index contributed by atoms with van der Waals surface area (Å²) in [5.74, 6) is 0.808. The van der Waals surface area contributed by atoms with Gasteiger partial charge in [0, 0.05) is 29.2 Å². The second kappa shape index (κ2) is 5.02. The average molecular weight is 309 g/mol. The number of amides is 1. The maximum Gasteiger partial charge on any atom is 0.253 e. The van der Waals surface area contributed by atoms with Gasteiger partial charge in [-0.05, 0) is 43.5 Å². The Morgan fingerprint density at radius 3 is 3.06 bits per heavy atom. The normalized spacial score (nSPS) is 27.1. The monoisotopic (exact) mass is 308 g/mol. The summed E-state index contributed by atoms with van der Waals surface area (Å²) >= 11 is 3.42. The molecule has 2 saturated heterocycles. The molecule has 1 amide bonds. The Morgan fingerprint density at radius 2 is 2.28 bits per heavy atom. The summed E-state index contributed by atoms with van der Waals surface area (Å²) in [6.45, 7) is 2.86. The zero-order chi connectivity index (χ0) is 12.5. The minimum absolute atomic E-state index is 0.160. The van der Waals surface area contributed by atoms with Crippen molar-refractivity contribution in [3.63, 3.8) is 0 Å². The highest BCUT2D eigenvalue weighted by Crippen LogP contribution is 2.26. The summed E-state index contributed by atoms with van der Waals surface area (Å²) in [4.78, 5) is 14.4. The van der Waals surface area contributed by atoms with Gasteiger partial charge in [0.15, 0.2) is 0 Å². The largest absolute Gasteiger partial charge is 0.337 e. The Hall–Kier alpha value is -0.870. The number of halogens is 1. The maximum absolute atomic E-state index is 12.4. The molecule has 0 saturated carbocycles. The summed E-state index contributed by atoms with van der Waals surface area (Å²) in [5, 5.41) is 3.53. The second-order valence-electron chi connectivity index (χ2n) is 5.18. The fourth-order valence-electron chi connectivity index (χ4n) is 3.02. The number of hydrogen-bond donors (Lipinski definition) is 1. The van der Waals surface area contributed by atoms with Crippen molar-refractivity contribution >= 4 is 21.8 Å². The van der Waals surface area contributed by atoms with Crippen LogP contribution in [-0.2, 0) is 0 Å². The Bertz CT molecular complexity index is 449. The summed E-state index contributed by atoms with van der Waals surface area (Å²) < 4.78 is 0.961. The molecule has 0 aliphatic carbocycles. The molecule has 0 unspecified atom stereocenters. The van der Waals surface area contributed by atoms with Gasteiger partial charge in [-0.1, -0.05) is 22.0 Å². The highest BCUT2D eigenvalue weighted by molar-refractivity contribution is 9.10. The molecule has 1 aromatic rings. The first-order chi connectivity index (χ1) is 8.74. The van der Waals surface area contributed by atoms with Gasteiger partial charge in [-0.3, -0.25) is 4.79 Å². The summed E-state index contributed by atoms with van der Waals surface area (Å²) in [7, 11) is 0. The third kappa shape index (κ3) is 2.31.